The molecule has 0 saturated heterocycles. The average molecular weight is 484 g/mol. The lowest BCUT2D eigenvalue weighted by Gasteiger charge is -2.27. The van der Waals surface area contributed by atoms with Gasteiger partial charge in [0.05, 0.1) is 6.04 Å². The molecule has 35 heavy (non-hydrogen) atoms. The molecule has 1 saturated carbocycles. The van der Waals surface area contributed by atoms with Crippen molar-refractivity contribution in [2.24, 2.45) is 10.4 Å². The van der Waals surface area contributed by atoms with Crippen LogP contribution in [0.25, 0.3) is 0 Å². The van der Waals surface area contributed by atoms with Crippen LogP contribution in [0.2, 0.25) is 0 Å². The van der Waals surface area contributed by atoms with Gasteiger partial charge in [-0.15, -0.1) is 0 Å². The summed E-state index contributed by atoms with van der Waals surface area (Å²) in [4.78, 5) is 7.70. The standard InChI is InChI=1S/C31H38N3P/c1-31(2,3)29-22-34(23-14-6-4-7-15-23)30(33-29)25-18-10-11-19-26(25)32-27-20-12-13-21-28(27)35-24-16-8-5-9-17-24/h4,6-7,10-15,18-21,24,29,32,35H,5,8-9,16-17,22H2,1-3H3/t29-/m1/s1. The molecule has 2 aliphatic rings. The van der Waals surface area contributed by atoms with Crippen molar-refractivity contribution >= 4 is 36.8 Å². The highest BCUT2D eigenvalue weighted by Crippen LogP contribution is 2.36. The second kappa shape index (κ2) is 10.5. The molecular formula is C31H38N3P. The third-order valence-electron chi connectivity index (χ3n) is 7.29. The molecule has 1 aliphatic heterocycles. The van der Waals surface area contributed by atoms with Crippen molar-refractivity contribution in [2.75, 3.05) is 16.8 Å². The lowest BCUT2D eigenvalue weighted by Crippen LogP contribution is -2.34. The first-order valence-corrected chi connectivity index (χ1v) is 14.2. The molecule has 1 N–H and O–H groups in total. The molecular weight excluding hydrogens is 445 g/mol. The maximum Gasteiger partial charge on any atom is 0.137 e. The van der Waals surface area contributed by atoms with Crippen LogP contribution in [0.1, 0.15) is 58.4 Å². The van der Waals surface area contributed by atoms with Gasteiger partial charge in [-0.05, 0) is 59.6 Å². The van der Waals surface area contributed by atoms with Crippen LogP contribution < -0.4 is 15.5 Å². The molecule has 1 aliphatic carbocycles. The minimum absolute atomic E-state index is 0.102. The van der Waals surface area contributed by atoms with Crippen molar-refractivity contribution in [3.8, 4) is 0 Å². The van der Waals surface area contributed by atoms with Crippen LogP contribution in [-0.4, -0.2) is 24.1 Å². The summed E-state index contributed by atoms with van der Waals surface area (Å²) in [5, 5.41) is 5.29. The summed E-state index contributed by atoms with van der Waals surface area (Å²) >= 11 is 0. The van der Waals surface area contributed by atoms with Crippen LogP contribution in [0.5, 0.6) is 0 Å². The van der Waals surface area contributed by atoms with Crippen LogP contribution >= 0.6 is 8.58 Å². The Morgan fingerprint density at radius 2 is 1.46 bits per heavy atom. The Balaban J connectivity index is 1.48. The highest BCUT2D eigenvalue weighted by atomic mass is 31.1. The topological polar surface area (TPSA) is 27.6 Å². The second-order valence-corrected chi connectivity index (χ2v) is 12.6. The molecule has 2 atom stereocenters. The summed E-state index contributed by atoms with van der Waals surface area (Å²) < 4.78 is 0. The fraction of sp³-hybridized carbons (Fsp3) is 0.387. The maximum atomic E-state index is 5.31. The van der Waals surface area contributed by atoms with Gasteiger partial charge in [0, 0.05) is 29.2 Å². The molecule has 4 heteroatoms. The van der Waals surface area contributed by atoms with Gasteiger partial charge in [0.2, 0.25) is 0 Å². The molecule has 1 heterocycles. The van der Waals surface area contributed by atoms with Gasteiger partial charge < -0.3 is 10.2 Å². The predicted octanol–water partition coefficient (Wildman–Crippen LogP) is 7.75. The van der Waals surface area contributed by atoms with Crippen LogP contribution in [0, 0.1) is 5.41 Å². The van der Waals surface area contributed by atoms with Gasteiger partial charge in [-0.2, -0.15) is 0 Å². The number of aliphatic imine (C=N–C) groups is 1. The van der Waals surface area contributed by atoms with Gasteiger partial charge in [-0.1, -0.05) is 97.1 Å². The SMILES string of the molecule is CC(C)(C)[C@H]1CN(c2ccccc2)C(c2ccccc2Nc2ccccc2PC2CCCCC2)=N1. The number of anilines is 3. The van der Waals surface area contributed by atoms with E-state index in [1.807, 2.05) is 0 Å². The number of para-hydroxylation sites is 3. The fourth-order valence-corrected chi connectivity index (χ4v) is 6.78. The number of hydrogen-bond acceptors (Lipinski definition) is 3. The molecule has 0 aromatic heterocycles. The first-order chi connectivity index (χ1) is 17.0. The first-order valence-electron chi connectivity index (χ1n) is 13.1. The number of benzene rings is 3. The van der Waals surface area contributed by atoms with E-state index in [1.165, 1.54) is 54.3 Å². The van der Waals surface area contributed by atoms with E-state index < -0.39 is 0 Å². The molecule has 182 valence electrons. The lowest BCUT2D eigenvalue weighted by molar-refractivity contribution is 0.337. The van der Waals surface area contributed by atoms with E-state index in [9.17, 15) is 0 Å². The second-order valence-electron chi connectivity index (χ2n) is 11.0. The van der Waals surface area contributed by atoms with Gasteiger partial charge in [0.1, 0.15) is 5.84 Å². The van der Waals surface area contributed by atoms with Crippen molar-refractivity contribution in [3.63, 3.8) is 0 Å². The molecule has 3 aromatic carbocycles. The molecule has 1 fully saturated rings. The Morgan fingerprint density at radius 1 is 0.800 bits per heavy atom. The van der Waals surface area contributed by atoms with Gasteiger partial charge in [-0.3, -0.25) is 4.99 Å². The Bertz CT molecular complexity index is 1160. The van der Waals surface area contributed by atoms with Crippen LogP contribution in [0.3, 0.4) is 0 Å². The summed E-state index contributed by atoms with van der Waals surface area (Å²) in [6.45, 7) is 7.77. The smallest absolute Gasteiger partial charge is 0.137 e. The minimum Gasteiger partial charge on any atom is -0.354 e. The minimum atomic E-state index is 0.102. The van der Waals surface area contributed by atoms with Gasteiger partial charge >= 0.3 is 0 Å². The number of hydrogen-bond donors (Lipinski definition) is 1. The monoisotopic (exact) mass is 483 g/mol. The summed E-state index contributed by atoms with van der Waals surface area (Å²) in [5.41, 5.74) is 5.67. The molecule has 5 rings (SSSR count). The van der Waals surface area contributed by atoms with Crippen LogP contribution in [-0.2, 0) is 0 Å². The first kappa shape index (κ1) is 24.1. The predicted molar refractivity (Wildman–Crippen MR) is 155 cm³/mol. The third-order valence-corrected chi connectivity index (χ3v) is 9.02. The summed E-state index contributed by atoms with van der Waals surface area (Å²) in [5.74, 6) is 1.06. The molecule has 0 bridgehead atoms. The van der Waals surface area contributed by atoms with Gasteiger partial charge in [0.25, 0.3) is 0 Å². The van der Waals surface area contributed by atoms with Gasteiger partial charge in [0.15, 0.2) is 0 Å². The van der Waals surface area contributed by atoms with Crippen molar-refractivity contribution in [1.82, 2.24) is 0 Å². The van der Waals surface area contributed by atoms with Crippen molar-refractivity contribution in [1.29, 1.82) is 0 Å². The summed E-state index contributed by atoms with van der Waals surface area (Å²) in [7, 11) is 0.866. The molecule has 0 spiro atoms. The van der Waals surface area contributed by atoms with E-state index in [-0.39, 0.29) is 11.5 Å². The van der Waals surface area contributed by atoms with E-state index in [1.54, 1.807) is 0 Å². The molecule has 3 aromatic rings. The molecule has 0 radical (unpaired) electrons. The van der Waals surface area contributed by atoms with Crippen molar-refractivity contribution in [3.05, 3.63) is 84.4 Å². The van der Waals surface area contributed by atoms with E-state index in [0.717, 1.165) is 32.3 Å². The Morgan fingerprint density at radius 3 is 2.20 bits per heavy atom. The fourth-order valence-electron chi connectivity index (χ4n) is 5.15. The zero-order chi connectivity index (χ0) is 24.3. The normalized spacial score (nSPS) is 19.3. The largest absolute Gasteiger partial charge is 0.354 e. The van der Waals surface area contributed by atoms with E-state index in [0.29, 0.717) is 0 Å². The van der Waals surface area contributed by atoms with Gasteiger partial charge in [-0.25, -0.2) is 0 Å². The summed E-state index contributed by atoms with van der Waals surface area (Å²) in [6, 6.07) is 28.5. The van der Waals surface area contributed by atoms with E-state index in [4.69, 9.17) is 4.99 Å². The number of rotatable bonds is 6. The zero-order valence-electron chi connectivity index (χ0n) is 21.3. The van der Waals surface area contributed by atoms with E-state index >= 15 is 0 Å². The number of nitrogens with zero attached hydrogens (tertiary/aromatic N) is 2. The highest BCUT2D eigenvalue weighted by molar-refractivity contribution is 7.48. The number of nitrogens with one attached hydrogen (secondary N) is 1. The maximum absolute atomic E-state index is 5.31. The lowest BCUT2D eigenvalue weighted by atomic mass is 9.87. The molecule has 1 unspecified atom stereocenters. The Kier molecular flexibility index (Phi) is 7.25. The Hall–Kier alpha value is -2.64. The zero-order valence-corrected chi connectivity index (χ0v) is 22.3. The average Bonchev–Trinajstić information content (AvgIpc) is 3.33. The molecule has 3 nitrogen and oxygen atoms in total. The Labute approximate surface area is 212 Å². The van der Waals surface area contributed by atoms with Crippen molar-refractivity contribution < 1.29 is 0 Å². The quantitative estimate of drug-likeness (QED) is 0.363. The summed E-state index contributed by atoms with van der Waals surface area (Å²) in [6.07, 6.45) is 6.94. The third kappa shape index (κ3) is 5.62. The highest BCUT2D eigenvalue weighted by Gasteiger charge is 2.35. The number of amidine groups is 1. The van der Waals surface area contributed by atoms with Crippen LogP contribution in [0.15, 0.2) is 83.9 Å². The molecule has 0 amide bonds. The van der Waals surface area contributed by atoms with E-state index in [2.05, 4.69) is 110 Å². The van der Waals surface area contributed by atoms with Crippen LogP contribution in [0.4, 0.5) is 17.1 Å². The van der Waals surface area contributed by atoms with Crippen molar-refractivity contribution in [2.45, 2.75) is 64.6 Å².